The third-order valence-electron chi connectivity index (χ3n) is 2.77. The van der Waals surface area contributed by atoms with Crippen molar-refractivity contribution in [2.45, 2.75) is 13.5 Å². The molecule has 98 valence electrons. The number of halogens is 1. The van der Waals surface area contributed by atoms with E-state index < -0.39 is 0 Å². The first kappa shape index (κ1) is 13.4. The summed E-state index contributed by atoms with van der Waals surface area (Å²) in [5, 5.41) is 12.5. The van der Waals surface area contributed by atoms with E-state index >= 15 is 0 Å². The quantitative estimate of drug-likeness (QED) is 0.903. The monoisotopic (exact) mass is 275 g/mol. The van der Waals surface area contributed by atoms with E-state index in [4.69, 9.17) is 11.6 Å². The van der Waals surface area contributed by atoms with Crippen LogP contribution in [0.4, 0.5) is 0 Å². The predicted octanol–water partition coefficient (Wildman–Crippen LogP) is 3.28. The lowest BCUT2D eigenvalue weighted by Gasteiger charge is -2.07. The van der Waals surface area contributed by atoms with Gasteiger partial charge < -0.3 is 10.4 Å². The summed E-state index contributed by atoms with van der Waals surface area (Å²) in [5.74, 6) is -0.286. The Balaban J connectivity index is 2.05. The summed E-state index contributed by atoms with van der Waals surface area (Å²) in [6.07, 6.45) is 0. The Morgan fingerprint density at radius 1 is 1.21 bits per heavy atom. The van der Waals surface area contributed by atoms with Crippen molar-refractivity contribution in [3.63, 3.8) is 0 Å². The fourth-order valence-corrected chi connectivity index (χ4v) is 1.87. The summed E-state index contributed by atoms with van der Waals surface area (Å²) in [4.78, 5) is 12.0. The molecule has 0 aliphatic heterocycles. The average molecular weight is 276 g/mol. The fourth-order valence-electron chi connectivity index (χ4n) is 1.67. The first-order valence-electron chi connectivity index (χ1n) is 5.88. The first-order valence-corrected chi connectivity index (χ1v) is 6.26. The van der Waals surface area contributed by atoms with Gasteiger partial charge in [0.1, 0.15) is 5.75 Å². The maximum atomic E-state index is 12.0. The Labute approximate surface area is 116 Å². The summed E-state index contributed by atoms with van der Waals surface area (Å²) in [5.41, 5.74) is 2.45. The summed E-state index contributed by atoms with van der Waals surface area (Å²) in [6.45, 7) is 2.43. The number of aromatic hydroxyl groups is 1. The van der Waals surface area contributed by atoms with Gasteiger partial charge in [-0.3, -0.25) is 4.79 Å². The molecule has 0 spiro atoms. The number of amides is 1. The van der Waals surface area contributed by atoms with Crippen LogP contribution in [0.15, 0.2) is 42.5 Å². The Kier molecular flexibility index (Phi) is 4.07. The van der Waals surface area contributed by atoms with Crippen LogP contribution in [0, 0.1) is 6.92 Å². The zero-order valence-electron chi connectivity index (χ0n) is 10.5. The number of carbonyl (C=O) groups is 1. The predicted molar refractivity (Wildman–Crippen MR) is 75.5 cm³/mol. The zero-order valence-corrected chi connectivity index (χ0v) is 11.2. The minimum Gasteiger partial charge on any atom is -0.508 e. The van der Waals surface area contributed by atoms with Crippen molar-refractivity contribution in [2.24, 2.45) is 0 Å². The normalized spacial score (nSPS) is 10.2. The van der Waals surface area contributed by atoms with E-state index in [-0.39, 0.29) is 17.2 Å². The molecule has 0 bridgehead atoms. The topological polar surface area (TPSA) is 49.3 Å². The highest BCUT2D eigenvalue weighted by Gasteiger charge is 2.10. The molecule has 2 aromatic carbocycles. The molecule has 0 heterocycles. The average Bonchev–Trinajstić information content (AvgIpc) is 2.40. The highest BCUT2D eigenvalue weighted by atomic mass is 35.5. The largest absolute Gasteiger partial charge is 0.508 e. The SMILES string of the molecule is Cc1ccc(CNC(=O)c2cc(O)ccc2Cl)cc1. The number of hydrogen-bond donors (Lipinski definition) is 2. The van der Waals surface area contributed by atoms with E-state index in [1.165, 1.54) is 23.8 Å². The Morgan fingerprint density at radius 3 is 2.58 bits per heavy atom. The van der Waals surface area contributed by atoms with Gasteiger partial charge in [-0.05, 0) is 30.7 Å². The van der Waals surface area contributed by atoms with Crippen LogP contribution >= 0.6 is 11.6 Å². The molecule has 2 aromatic rings. The van der Waals surface area contributed by atoms with Crippen LogP contribution in [0.3, 0.4) is 0 Å². The molecule has 0 aliphatic carbocycles. The van der Waals surface area contributed by atoms with Gasteiger partial charge in [0, 0.05) is 6.54 Å². The van der Waals surface area contributed by atoms with Crippen LogP contribution in [0.2, 0.25) is 5.02 Å². The molecular weight excluding hydrogens is 262 g/mol. The number of nitrogens with one attached hydrogen (secondary N) is 1. The molecule has 0 atom stereocenters. The molecular formula is C15H14ClNO2. The van der Waals surface area contributed by atoms with Gasteiger partial charge in [-0.15, -0.1) is 0 Å². The second-order valence-electron chi connectivity index (χ2n) is 4.33. The molecule has 2 N–H and O–H groups in total. The molecule has 2 rings (SSSR count). The van der Waals surface area contributed by atoms with Gasteiger partial charge in [0.05, 0.1) is 10.6 Å². The molecule has 4 heteroatoms. The minimum absolute atomic E-state index is 0.0184. The van der Waals surface area contributed by atoms with Crippen molar-refractivity contribution in [2.75, 3.05) is 0 Å². The molecule has 0 radical (unpaired) electrons. The van der Waals surface area contributed by atoms with Gasteiger partial charge in [0.2, 0.25) is 0 Å². The van der Waals surface area contributed by atoms with E-state index in [1.807, 2.05) is 31.2 Å². The summed E-state index contributed by atoms with van der Waals surface area (Å²) in [7, 11) is 0. The fraction of sp³-hybridized carbons (Fsp3) is 0.133. The lowest BCUT2D eigenvalue weighted by atomic mass is 10.1. The molecule has 0 aliphatic rings. The lowest BCUT2D eigenvalue weighted by Crippen LogP contribution is -2.23. The standard InChI is InChI=1S/C15H14ClNO2/c1-10-2-4-11(5-3-10)9-17-15(19)13-8-12(18)6-7-14(13)16/h2-8,18H,9H2,1H3,(H,17,19). The molecule has 0 saturated heterocycles. The van der Waals surface area contributed by atoms with Crippen LogP contribution < -0.4 is 5.32 Å². The summed E-state index contributed by atoms with van der Waals surface area (Å²) >= 11 is 5.92. The van der Waals surface area contributed by atoms with Gasteiger partial charge in [-0.2, -0.15) is 0 Å². The van der Waals surface area contributed by atoms with E-state index in [9.17, 15) is 9.90 Å². The number of carbonyl (C=O) groups excluding carboxylic acids is 1. The van der Waals surface area contributed by atoms with E-state index in [1.54, 1.807) is 0 Å². The summed E-state index contributed by atoms with van der Waals surface area (Å²) in [6, 6.07) is 12.2. The van der Waals surface area contributed by atoms with Gasteiger partial charge >= 0.3 is 0 Å². The highest BCUT2D eigenvalue weighted by molar-refractivity contribution is 6.33. The smallest absolute Gasteiger partial charge is 0.253 e. The van der Waals surface area contributed by atoms with Gasteiger partial charge in [-0.25, -0.2) is 0 Å². The Hall–Kier alpha value is -2.00. The lowest BCUT2D eigenvalue weighted by molar-refractivity contribution is 0.0950. The maximum Gasteiger partial charge on any atom is 0.253 e. The van der Waals surface area contributed by atoms with Gasteiger partial charge in [0.25, 0.3) is 5.91 Å². The van der Waals surface area contributed by atoms with E-state index in [0.717, 1.165) is 5.56 Å². The zero-order chi connectivity index (χ0) is 13.8. The second kappa shape index (κ2) is 5.76. The van der Waals surface area contributed by atoms with E-state index in [2.05, 4.69) is 5.32 Å². The van der Waals surface area contributed by atoms with Crippen LogP contribution in [0.5, 0.6) is 5.75 Å². The molecule has 0 unspecified atom stereocenters. The number of benzene rings is 2. The van der Waals surface area contributed by atoms with Crippen molar-refractivity contribution in [3.05, 3.63) is 64.2 Å². The molecule has 0 aromatic heterocycles. The van der Waals surface area contributed by atoms with Crippen molar-refractivity contribution < 1.29 is 9.90 Å². The Morgan fingerprint density at radius 2 is 1.89 bits per heavy atom. The third kappa shape index (κ3) is 3.48. The summed E-state index contributed by atoms with van der Waals surface area (Å²) < 4.78 is 0. The molecule has 1 amide bonds. The highest BCUT2D eigenvalue weighted by Crippen LogP contribution is 2.21. The number of hydrogen-bond acceptors (Lipinski definition) is 2. The van der Waals surface area contributed by atoms with Gasteiger partial charge in [-0.1, -0.05) is 41.4 Å². The minimum atomic E-state index is -0.304. The number of rotatable bonds is 3. The molecule has 0 fully saturated rings. The van der Waals surface area contributed by atoms with Crippen LogP contribution in [0.1, 0.15) is 21.5 Å². The number of phenolic OH excluding ortho intramolecular Hbond substituents is 1. The van der Waals surface area contributed by atoms with Gasteiger partial charge in [0.15, 0.2) is 0 Å². The Bertz CT molecular complexity index is 594. The molecule has 3 nitrogen and oxygen atoms in total. The van der Waals surface area contributed by atoms with Crippen molar-refractivity contribution in [3.8, 4) is 5.75 Å². The molecule has 19 heavy (non-hydrogen) atoms. The van der Waals surface area contributed by atoms with Crippen LogP contribution in [-0.2, 0) is 6.54 Å². The first-order chi connectivity index (χ1) is 9.06. The maximum absolute atomic E-state index is 12.0. The van der Waals surface area contributed by atoms with Crippen molar-refractivity contribution in [1.29, 1.82) is 0 Å². The van der Waals surface area contributed by atoms with Crippen LogP contribution in [-0.4, -0.2) is 11.0 Å². The van der Waals surface area contributed by atoms with Crippen molar-refractivity contribution in [1.82, 2.24) is 5.32 Å². The molecule has 0 saturated carbocycles. The van der Waals surface area contributed by atoms with Crippen LogP contribution in [0.25, 0.3) is 0 Å². The van der Waals surface area contributed by atoms with E-state index in [0.29, 0.717) is 11.6 Å². The van der Waals surface area contributed by atoms with Crippen molar-refractivity contribution >= 4 is 17.5 Å². The second-order valence-corrected chi connectivity index (χ2v) is 4.74. The number of aryl methyl sites for hydroxylation is 1. The third-order valence-corrected chi connectivity index (χ3v) is 3.10. The number of phenols is 1.